The van der Waals surface area contributed by atoms with Crippen molar-refractivity contribution in [2.24, 2.45) is 0 Å². The molecule has 2 aromatic carbocycles. The first-order valence-electron chi connectivity index (χ1n) is 11.0. The highest BCUT2D eigenvalue weighted by molar-refractivity contribution is 7.89. The van der Waals surface area contributed by atoms with Crippen molar-refractivity contribution in [2.75, 3.05) is 5.32 Å². The maximum absolute atomic E-state index is 12.8. The lowest BCUT2D eigenvalue weighted by molar-refractivity contribution is -0.122. The summed E-state index contributed by atoms with van der Waals surface area (Å²) in [6.07, 6.45) is 2.27. The highest BCUT2D eigenvalue weighted by Gasteiger charge is 2.21. The van der Waals surface area contributed by atoms with Crippen LogP contribution in [0.4, 0.5) is 5.69 Å². The average molecular weight is 471 g/mol. The monoisotopic (exact) mass is 470 g/mol. The SMILES string of the molecule is CCC(Oc1ccccc1C(C)CC)C(=O)Nc1ccc(S(=O)(=O)NCc2ccco2)cc1. The smallest absolute Gasteiger partial charge is 0.265 e. The minimum atomic E-state index is -3.71. The van der Waals surface area contributed by atoms with Crippen LogP contribution < -0.4 is 14.8 Å². The lowest BCUT2D eigenvalue weighted by atomic mass is 9.98. The second-order valence-corrected chi connectivity index (χ2v) is 9.55. The van der Waals surface area contributed by atoms with Gasteiger partial charge >= 0.3 is 0 Å². The molecule has 0 radical (unpaired) electrons. The van der Waals surface area contributed by atoms with E-state index in [4.69, 9.17) is 9.15 Å². The highest BCUT2D eigenvalue weighted by atomic mass is 32.2. The van der Waals surface area contributed by atoms with Gasteiger partial charge in [0.25, 0.3) is 5.91 Å². The number of carbonyl (C=O) groups is 1. The van der Waals surface area contributed by atoms with Crippen molar-refractivity contribution < 1.29 is 22.4 Å². The Balaban J connectivity index is 1.64. The first-order valence-corrected chi connectivity index (χ1v) is 12.5. The highest BCUT2D eigenvalue weighted by Crippen LogP contribution is 2.29. The molecule has 0 aliphatic rings. The Labute approximate surface area is 195 Å². The van der Waals surface area contributed by atoms with Gasteiger partial charge in [0.05, 0.1) is 17.7 Å². The van der Waals surface area contributed by atoms with Crippen LogP contribution in [0.2, 0.25) is 0 Å². The molecule has 1 amide bonds. The molecule has 8 heteroatoms. The summed E-state index contributed by atoms with van der Waals surface area (Å²) in [5.41, 5.74) is 1.56. The van der Waals surface area contributed by atoms with Crippen molar-refractivity contribution in [3.8, 4) is 5.75 Å². The molecule has 2 N–H and O–H groups in total. The fourth-order valence-electron chi connectivity index (χ4n) is 3.29. The normalized spacial score (nSPS) is 13.3. The second-order valence-electron chi connectivity index (χ2n) is 7.78. The van der Waals surface area contributed by atoms with Crippen LogP contribution in [0.25, 0.3) is 0 Å². The van der Waals surface area contributed by atoms with Crippen LogP contribution in [0.15, 0.2) is 76.2 Å². The minimum Gasteiger partial charge on any atom is -0.480 e. The average Bonchev–Trinajstić information content (AvgIpc) is 3.35. The standard InChI is InChI=1S/C25H30N2O5S/c1-4-18(3)22-10-6-7-11-24(22)32-23(5-2)25(28)27-19-12-14-21(15-13-19)33(29,30)26-17-20-9-8-16-31-20/h6-16,18,23,26H,4-5,17H2,1-3H3,(H,27,28). The van der Waals surface area contributed by atoms with Crippen LogP contribution in [0.5, 0.6) is 5.75 Å². The van der Waals surface area contributed by atoms with E-state index in [1.165, 1.54) is 18.4 Å². The number of benzene rings is 2. The Morgan fingerprint density at radius 1 is 1.00 bits per heavy atom. The van der Waals surface area contributed by atoms with E-state index in [9.17, 15) is 13.2 Å². The van der Waals surface area contributed by atoms with Crippen LogP contribution in [0.3, 0.4) is 0 Å². The zero-order valence-electron chi connectivity index (χ0n) is 19.1. The molecule has 1 heterocycles. The molecule has 0 saturated carbocycles. The van der Waals surface area contributed by atoms with Crippen LogP contribution >= 0.6 is 0 Å². The molecule has 0 saturated heterocycles. The predicted octanol–water partition coefficient (Wildman–Crippen LogP) is 5.07. The Morgan fingerprint density at radius 3 is 2.36 bits per heavy atom. The third kappa shape index (κ3) is 6.46. The number of amides is 1. The summed E-state index contributed by atoms with van der Waals surface area (Å²) in [5.74, 6) is 1.25. The number of rotatable bonds is 11. The van der Waals surface area contributed by atoms with Crippen molar-refractivity contribution >= 4 is 21.6 Å². The molecular formula is C25H30N2O5S. The molecule has 0 aliphatic carbocycles. The minimum absolute atomic E-state index is 0.0570. The molecule has 3 aromatic rings. The van der Waals surface area contributed by atoms with Crippen molar-refractivity contribution in [1.82, 2.24) is 4.72 Å². The quantitative estimate of drug-likeness (QED) is 0.408. The predicted molar refractivity (Wildman–Crippen MR) is 128 cm³/mol. The summed E-state index contributed by atoms with van der Waals surface area (Å²) in [6, 6.07) is 17.1. The lowest BCUT2D eigenvalue weighted by Crippen LogP contribution is -2.32. The van der Waals surface area contributed by atoms with Crippen molar-refractivity contribution in [3.63, 3.8) is 0 Å². The third-order valence-electron chi connectivity index (χ3n) is 5.44. The lowest BCUT2D eigenvalue weighted by Gasteiger charge is -2.21. The van der Waals surface area contributed by atoms with Crippen LogP contribution in [0.1, 0.15) is 50.9 Å². The zero-order chi connectivity index (χ0) is 23.8. The number of carbonyl (C=O) groups excluding carboxylic acids is 1. The molecule has 176 valence electrons. The molecule has 0 aliphatic heterocycles. The number of nitrogens with one attached hydrogen (secondary N) is 2. The number of hydrogen-bond acceptors (Lipinski definition) is 5. The van der Waals surface area contributed by atoms with Gasteiger partial charge in [-0.05, 0) is 66.8 Å². The van der Waals surface area contributed by atoms with Gasteiger partial charge in [-0.25, -0.2) is 13.1 Å². The number of ether oxygens (including phenoxy) is 1. The number of sulfonamides is 1. The van der Waals surface area contributed by atoms with Crippen LogP contribution in [0, 0.1) is 0 Å². The van der Waals surface area contributed by atoms with Crippen LogP contribution in [-0.4, -0.2) is 20.4 Å². The van der Waals surface area contributed by atoms with Crippen molar-refractivity contribution in [3.05, 3.63) is 78.3 Å². The molecule has 0 bridgehead atoms. The van der Waals surface area contributed by atoms with Gasteiger partial charge in [-0.1, -0.05) is 39.0 Å². The summed E-state index contributed by atoms with van der Waals surface area (Å²) >= 11 is 0. The van der Waals surface area contributed by atoms with Crippen molar-refractivity contribution in [1.29, 1.82) is 0 Å². The molecule has 0 spiro atoms. The number of hydrogen-bond donors (Lipinski definition) is 2. The van der Waals surface area contributed by atoms with E-state index < -0.39 is 16.1 Å². The summed E-state index contributed by atoms with van der Waals surface area (Å²) in [6.45, 7) is 6.18. The zero-order valence-corrected chi connectivity index (χ0v) is 19.9. The van der Waals surface area contributed by atoms with Gasteiger partial charge in [0.1, 0.15) is 11.5 Å². The molecular weight excluding hydrogens is 440 g/mol. The molecule has 3 rings (SSSR count). The Kier molecular flexibility index (Phi) is 8.30. The van der Waals surface area contributed by atoms with Gasteiger partial charge in [-0.2, -0.15) is 0 Å². The van der Waals surface area contributed by atoms with Gasteiger partial charge in [0.2, 0.25) is 10.0 Å². The molecule has 2 unspecified atom stereocenters. The van der Waals surface area contributed by atoms with Gasteiger partial charge < -0.3 is 14.5 Å². The first kappa shape index (κ1) is 24.5. The van der Waals surface area contributed by atoms with E-state index in [-0.39, 0.29) is 17.3 Å². The molecule has 33 heavy (non-hydrogen) atoms. The van der Waals surface area contributed by atoms with Gasteiger partial charge in [-0.3, -0.25) is 4.79 Å². The van der Waals surface area contributed by atoms with E-state index in [0.29, 0.717) is 29.5 Å². The van der Waals surface area contributed by atoms with Crippen LogP contribution in [-0.2, 0) is 21.4 Å². The number of anilines is 1. The molecule has 2 atom stereocenters. The number of furan rings is 1. The topological polar surface area (TPSA) is 97.6 Å². The number of para-hydroxylation sites is 1. The Bertz CT molecular complexity index is 1140. The fraction of sp³-hybridized carbons (Fsp3) is 0.320. The van der Waals surface area contributed by atoms with Crippen molar-refractivity contribution in [2.45, 2.75) is 57.1 Å². The van der Waals surface area contributed by atoms with Gasteiger partial charge in [-0.15, -0.1) is 0 Å². The van der Waals surface area contributed by atoms with E-state index in [1.54, 1.807) is 24.3 Å². The maximum Gasteiger partial charge on any atom is 0.265 e. The Hall–Kier alpha value is -3.10. The fourth-order valence-corrected chi connectivity index (χ4v) is 4.29. The molecule has 0 fully saturated rings. The summed E-state index contributed by atoms with van der Waals surface area (Å²) in [7, 11) is -3.71. The third-order valence-corrected chi connectivity index (χ3v) is 6.86. The Morgan fingerprint density at radius 2 is 1.73 bits per heavy atom. The van der Waals surface area contributed by atoms with E-state index >= 15 is 0 Å². The summed E-state index contributed by atoms with van der Waals surface area (Å²) in [5, 5.41) is 2.81. The van der Waals surface area contributed by atoms with E-state index in [1.807, 2.05) is 31.2 Å². The van der Waals surface area contributed by atoms with E-state index in [0.717, 1.165) is 12.0 Å². The molecule has 7 nitrogen and oxygen atoms in total. The maximum atomic E-state index is 12.8. The molecule has 1 aromatic heterocycles. The van der Waals surface area contributed by atoms with Gasteiger partial charge in [0.15, 0.2) is 6.10 Å². The second kappa shape index (κ2) is 11.2. The first-order chi connectivity index (χ1) is 15.8. The summed E-state index contributed by atoms with van der Waals surface area (Å²) < 4.78 is 38.6. The largest absolute Gasteiger partial charge is 0.480 e. The summed E-state index contributed by atoms with van der Waals surface area (Å²) in [4.78, 5) is 12.9. The van der Waals surface area contributed by atoms with Gasteiger partial charge in [0, 0.05) is 5.69 Å². The van der Waals surface area contributed by atoms with E-state index in [2.05, 4.69) is 23.9 Å².